The van der Waals surface area contributed by atoms with Gasteiger partial charge in [0, 0.05) is 22.1 Å². The molecule has 3 nitrogen and oxygen atoms in total. The van der Waals surface area contributed by atoms with Crippen molar-refractivity contribution < 1.29 is 0 Å². The lowest BCUT2D eigenvalue weighted by atomic mass is 9.89. The summed E-state index contributed by atoms with van der Waals surface area (Å²) in [6.07, 6.45) is 0. The van der Waals surface area contributed by atoms with Gasteiger partial charge in [-0.05, 0) is 31.5 Å². The van der Waals surface area contributed by atoms with Crippen LogP contribution in [0.4, 0.5) is 0 Å². The average Bonchev–Trinajstić information content (AvgIpc) is 2.25. The van der Waals surface area contributed by atoms with Crippen LogP contribution in [-0.2, 0) is 5.41 Å². The van der Waals surface area contributed by atoms with Gasteiger partial charge in [0.1, 0.15) is 5.84 Å². The maximum absolute atomic E-state index is 7.81. The minimum atomic E-state index is -0.0598. The van der Waals surface area contributed by atoms with Crippen molar-refractivity contribution in [2.45, 2.75) is 40.0 Å². The third kappa shape index (κ3) is 2.46. The highest BCUT2D eigenvalue weighted by Gasteiger charge is 2.19. The SMILES string of the molecule is Cc1cc(C)c2nc(C(C)(C)C)cc(C(=N)N)c2c1. The molecular weight excluding hydrogens is 234 g/mol. The van der Waals surface area contributed by atoms with Crippen LogP contribution in [-0.4, -0.2) is 10.8 Å². The quantitative estimate of drug-likeness (QED) is 0.605. The molecule has 2 aromatic rings. The number of aryl methyl sites for hydroxylation is 2. The van der Waals surface area contributed by atoms with Crippen LogP contribution >= 0.6 is 0 Å². The Kier molecular flexibility index (Phi) is 3.09. The fraction of sp³-hybridized carbons (Fsp3) is 0.375. The molecule has 0 unspecified atom stereocenters. The summed E-state index contributed by atoms with van der Waals surface area (Å²) < 4.78 is 0. The second kappa shape index (κ2) is 4.34. The third-order valence-electron chi connectivity index (χ3n) is 3.31. The van der Waals surface area contributed by atoms with Crippen LogP contribution in [0, 0.1) is 19.3 Å². The van der Waals surface area contributed by atoms with Crippen molar-refractivity contribution in [3.63, 3.8) is 0 Å². The molecule has 100 valence electrons. The minimum Gasteiger partial charge on any atom is -0.384 e. The molecule has 0 fully saturated rings. The van der Waals surface area contributed by atoms with Gasteiger partial charge in [0.2, 0.25) is 0 Å². The molecule has 0 aliphatic carbocycles. The van der Waals surface area contributed by atoms with Crippen LogP contribution in [0.15, 0.2) is 18.2 Å². The van der Waals surface area contributed by atoms with Crippen molar-refractivity contribution in [3.05, 3.63) is 40.6 Å². The number of rotatable bonds is 1. The lowest BCUT2D eigenvalue weighted by molar-refractivity contribution is 0.571. The van der Waals surface area contributed by atoms with Gasteiger partial charge in [0.15, 0.2) is 0 Å². The van der Waals surface area contributed by atoms with Gasteiger partial charge in [-0.15, -0.1) is 0 Å². The summed E-state index contributed by atoms with van der Waals surface area (Å²) in [5.74, 6) is 0.0999. The molecule has 0 aliphatic heterocycles. The minimum absolute atomic E-state index is 0.0598. The van der Waals surface area contributed by atoms with Crippen LogP contribution < -0.4 is 5.73 Å². The van der Waals surface area contributed by atoms with Crippen LogP contribution in [0.2, 0.25) is 0 Å². The van der Waals surface area contributed by atoms with Gasteiger partial charge in [-0.25, -0.2) is 0 Å². The Labute approximate surface area is 114 Å². The Morgan fingerprint density at radius 2 is 1.79 bits per heavy atom. The van der Waals surface area contributed by atoms with Crippen LogP contribution in [0.1, 0.15) is 43.2 Å². The van der Waals surface area contributed by atoms with E-state index < -0.39 is 0 Å². The molecule has 3 N–H and O–H groups in total. The second-order valence-electron chi connectivity index (χ2n) is 6.20. The van der Waals surface area contributed by atoms with Gasteiger partial charge in [0.25, 0.3) is 0 Å². The molecule has 0 saturated carbocycles. The van der Waals surface area contributed by atoms with Gasteiger partial charge in [-0.1, -0.05) is 32.4 Å². The molecule has 3 heteroatoms. The van der Waals surface area contributed by atoms with E-state index in [0.717, 1.165) is 33.3 Å². The van der Waals surface area contributed by atoms with E-state index in [2.05, 4.69) is 39.8 Å². The number of nitrogens with one attached hydrogen (secondary N) is 1. The predicted molar refractivity (Wildman–Crippen MR) is 80.9 cm³/mol. The van der Waals surface area contributed by atoms with E-state index in [1.807, 2.05) is 13.0 Å². The lowest BCUT2D eigenvalue weighted by Gasteiger charge is -2.20. The molecule has 1 aromatic carbocycles. The van der Waals surface area contributed by atoms with Gasteiger partial charge >= 0.3 is 0 Å². The number of nitrogen functional groups attached to an aromatic ring is 1. The summed E-state index contributed by atoms with van der Waals surface area (Å²) in [4.78, 5) is 4.78. The number of benzene rings is 1. The first-order valence-corrected chi connectivity index (χ1v) is 6.47. The van der Waals surface area contributed by atoms with Gasteiger partial charge in [-0.2, -0.15) is 0 Å². The van der Waals surface area contributed by atoms with E-state index in [1.54, 1.807) is 0 Å². The number of amidine groups is 1. The average molecular weight is 255 g/mol. The zero-order valence-corrected chi connectivity index (χ0v) is 12.3. The number of aromatic nitrogens is 1. The molecule has 0 aliphatic rings. The van der Waals surface area contributed by atoms with Gasteiger partial charge in [-0.3, -0.25) is 10.4 Å². The summed E-state index contributed by atoms with van der Waals surface area (Å²) in [7, 11) is 0. The molecule has 0 spiro atoms. The monoisotopic (exact) mass is 255 g/mol. The predicted octanol–water partition coefficient (Wildman–Crippen LogP) is 3.43. The summed E-state index contributed by atoms with van der Waals surface area (Å²) >= 11 is 0. The Balaban J connectivity index is 2.92. The molecule has 1 heterocycles. The summed E-state index contributed by atoms with van der Waals surface area (Å²) in [5.41, 5.74) is 10.7. The maximum Gasteiger partial charge on any atom is 0.123 e. The molecule has 19 heavy (non-hydrogen) atoms. The van der Waals surface area contributed by atoms with Crippen LogP contribution in [0.5, 0.6) is 0 Å². The highest BCUT2D eigenvalue weighted by molar-refractivity contribution is 6.07. The van der Waals surface area contributed by atoms with Gasteiger partial charge < -0.3 is 5.73 Å². The highest BCUT2D eigenvalue weighted by atomic mass is 14.7. The smallest absolute Gasteiger partial charge is 0.123 e. The normalized spacial score (nSPS) is 11.8. The van der Waals surface area contributed by atoms with Crippen molar-refractivity contribution in [2.75, 3.05) is 0 Å². The van der Waals surface area contributed by atoms with E-state index in [4.69, 9.17) is 16.1 Å². The second-order valence-corrected chi connectivity index (χ2v) is 6.20. The Hall–Kier alpha value is -1.90. The lowest BCUT2D eigenvalue weighted by Crippen LogP contribution is -2.18. The standard InChI is InChI=1S/C16H21N3/c1-9-6-10(2)14-11(7-9)12(15(17)18)8-13(19-14)16(3,4)5/h6-8H,1-5H3,(H3,17,18). The topological polar surface area (TPSA) is 62.8 Å². The van der Waals surface area contributed by atoms with Crippen LogP contribution in [0.3, 0.4) is 0 Å². The third-order valence-corrected chi connectivity index (χ3v) is 3.31. The molecule has 0 atom stereocenters. The summed E-state index contributed by atoms with van der Waals surface area (Å²) in [6, 6.07) is 6.12. The molecule has 0 radical (unpaired) electrons. The Morgan fingerprint density at radius 3 is 2.32 bits per heavy atom. The molecule has 0 bridgehead atoms. The molecule has 0 saturated heterocycles. The maximum atomic E-state index is 7.81. The first-order chi connectivity index (χ1) is 8.70. The van der Waals surface area contributed by atoms with Crippen molar-refractivity contribution in [1.82, 2.24) is 4.98 Å². The number of fused-ring (bicyclic) bond motifs is 1. The van der Waals surface area contributed by atoms with E-state index >= 15 is 0 Å². The fourth-order valence-electron chi connectivity index (χ4n) is 2.29. The summed E-state index contributed by atoms with van der Waals surface area (Å²) in [5, 5.41) is 8.78. The van der Waals surface area contributed by atoms with Crippen molar-refractivity contribution in [2.24, 2.45) is 5.73 Å². The number of nitrogens with zero attached hydrogens (tertiary/aromatic N) is 1. The molecule has 0 amide bonds. The van der Waals surface area contributed by atoms with Crippen molar-refractivity contribution in [1.29, 1.82) is 5.41 Å². The van der Waals surface area contributed by atoms with Crippen molar-refractivity contribution in [3.8, 4) is 0 Å². The summed E-state index contributed by atoms with van der Waals surface area (Å²) in [6.45, 7) is 10.5. The Bertz CT molecular complexity index is 664. The van der Waals surface area contributed by atoms with E-state index in [9.17, 15) is 0 Å². The largest absolute Gasteiger partial charge is 0.384 e. The van der Waals surface area contributed by atoms with E-state index in [0.29, 0.717) is 0 Å². The van der Waals surface area contributed by atoms with Crippen LogP contribution in [0.25, 0.3) is 10.9 Å². The number of hydrogen-bond acceptors (Lipinski definition) is 2. The van der Waals surface area contributed by atoms with Gasteiger partial charge in [0.05, 0.1) is 5.52 Å². The highest BCUT2D eigenvalue weighted by Crippen LogP contribution is 2.28. The number of nitrogens with two attached hydrogens (primary N) is 1. The number of pyridine rings is 1. The first kappa shape index (κ1) is 13.5. The molecular formula is C16H21N3. The molecule has 1 aromatic heterocycles. The Morgan fingerprint density at radius 1 is 1.16 bits per heavy atom. The van der Waals surface area contributed by atoms with E-state index in [-0.39, 0.29) is 11.3 Å². The molecule has 2 rings (SSSR count). The zero-order chi connectivity index (χ0) is 14.4. The first-order valence-electron chi connectivity index (χ1n) is 6.47. The fourth-order valence-corrected chi connectivity index (χ4v) is 2.29. The van der Waals surface area contributed by atoms with E-state index in [1.165, 1.54) is 0 Å². The zero-order valence-electron chi connectivity index (χ0n) is 12.3. The van der Waals surface area contributed by atoms with Crippen molar-refractivity contribution >= 4 is 16.7 Å². The number of hydrogen-bond donors (Lipinski definition) is 2.